The van der Waals surface area contributed by atoms with Crippen LogP contribution in [-0.4, -0.2) is 27.7 Å². The monoisotopic (exact) mass is 263 g/mol. The van der Waals surface area contributed by atoms with Gasteiger partial charge >= 0.3 is 5.97 Å². The molecule has 0 aromatic carbocycles. The maximum absolute atomic E-state index is 12.3. The summed E-state index contributed by atoms with van der Waals surface area (Å²) in [6.45, 7) is 0.402. The molecule has 1 aliphatic carbocycles. The standard InChI is InChI=1S/C13H17N3O3/c17-11-7-10(13(19-11)4-1-2-5-13)12(18)14-8-9-3-6-15-16-9/h3,6,10H,1-2,4-5,7-8H2,(H,14,18)(H,15,16)/t10-/m0/s1. The first-order chi connectivity index (χ1) is 9.20. The highest BCUT2D eigenvalue weighted by Crippen LogP contribution is 2.45. The van der Waals surface area contributed by atoms with Crippen LogP contribution in [0.15, 0.2) is 12.3 Å². The van der Waals surface area contributed by atoms with E-state index in [4.69, 9.17) is 4.74 Å². The maximum atomic E-state index is 12.3. The summed E-state index contributed by atoms with van der Waals surface area (Å²) in [5.74, 6) is -0.684. The van der Waals surface area contributed by atoms with Crippen LogP contribution in [-0.2, 0) is 20.9 Å². The molecule has 2 N–H and O–H groups in total. The lowest BCUT2D eigenvalue weighted by molar-refractivity contribution is -0.149. The fraction of sp³-hybridized carbons (Fsp3) is 0.615. The molecule has 2 heterocycles. The van der Waals surface area contributed by atoms with E-state index in [1.165, 1.54) is 0 Å². The molecule has 1 spiro atoms. The van der Waals surface area contributed by atoms with Crippen LogP contribution in [0, 0.1) is 5.92 Å². The predicted molar refractivity (Wildman–Crippen MR) is 65.8 cm³/mol. The van der Waals surface area contributed by atoms with Gasteiger partial charge in [-0.2, -0.15) is 5.10 Å². The number of nitrogens with one attached hydrogen (secondary N) is 2. The number of nitrogens with zero attached hydrogens (tertiary/aromatic N) is 1. The van der Waals surface area contributed by atoms with Crippen molar-refractivity contribution >= 4 is 11.9 Å². The third kappa shape index (κ3) is 2.22. The number of ether oxygens (including phenoxy) is 1. The highest BCUT2D eigenvalue weighted by Gasteiger charge is 2.53. The van der Waals surface area contributed by atoms with Crippen molar-refractivity contribution < 1.29 is 14.3 Å². The Balaban J connectivity index is 1.66. The van der Waals surface area contributed by atoms with E-state index >= 15 is 0 Å². The number of carbonyl (C=O) groups excluding carboxylic acids is 2. The molecule has 6 heteroatoms. The first-order valence-corrected chi connectivity index (χ1v) is 6.67. The van der Waals surface area contributed by atoms with Gasteiger partial charge in [-0.25, -0.2) is 0 Å². The van der Waals surface area contributed by atoms with Gasteiger partial charge in [-0.15, -0.1) is 0 Å². The largest absolute Gasteiger partial charge is 0.458 e. The smallest absolute Gasteiger partial charge is 0.307 e. The van der Waals surface area contributed by atoms with Crippen molar-refractivity contribution in [3.8, 4) is 0 Å². The lowest BCUT2D eigenvalue weighted by atomic mass is 9.85. The molecule has 1 aromatic rings. The number of amides is 1. The summed E-state index contributed by atoms with van der Waals surface area (Å²) in [5, 5.41) is 9.47. The minimum atomic E-state index is -0.533. The summed E-state index contributed by atoms with van der Waals surface area (Å²) in [7, 11) is 0. The second-order valence-corrected chi connectivity index (χ2v) is 5.30. The van der Waals surface area contributed by atoms with Crippen LogP contribution in [0.1, 0.15) is 37.8 Å². The zero-order valence-electron chi connectivity index (χ0n) is 10.6. The van der Waals surface area contributed by atoms with E-state index in [1.807, 2.05) is 6.07 Å². The number of carbonyl (C=O) groups is 2. The number of H-pyrrole nitrogens is 1. The Hall–Kier alpha value is -1.85. The molecule has 102 valence electrons. The van der Waals surface area contributed by atoms with Crippen LogP contribution in [0.2, 0.25) is 0 Å². The summed E-state index contributed by atoms with van der Waals surface area (Å²) in [6, 6.07) is 1.81. The molecular formula is C13H17N3O3. The number of aromatic amines is 1. The third-order valence-electron chi connectivity index (χ3n) is 4.10. The molecule has 3 rings (SSSR count). The Morgan fingerprint density at radius 3 is 3.00 bits per heavy atom. The second kappa shape index (κ2) is 4.68. The van der Waals surface area contributed by atoms with Gasteiger partial charge < -0.3 is 10.1 Å². The first kappa shape index (κ1) is 12.2. The summed E-state index contributed by atoms with van der Waals surface area (Å²) in [5.41, 5.74) is 0.314. The Morgan fingerprint density at radius 1 is 1.53 bits per heavy atom. The van der Waals surface area contributed by atoms with Gasteiger partial charge in [0.25, 0.3) is 0 Å². The van der Waals surface area contributed by atoms with Crippen LogP contribution in [0.25, 0.3) is 0 Å². The van der Waals surface area contributed by atoms with Gasteiger partial charge in [0.2, 0.25) is 5.91 Å². The van der Waals surface area contributed by atoms with Crippen LogP contribution >= 0.6 is 0 Å². The van der Waals surface area contributed by atoms with E-state index in [-0.39, 0.29) is 24.2 Å². The highest BCUT2D eigenvalue weighted by atomic mass is 16.6. The third-order valence-corrected chi connectivity index (χ3v) is 4.10. The van der Waals surface area contributed by atoms with E-state index in [0.29, 0.717) is 6.54 Å². The topological polar surface area (TPSA) is 84.1 Å². The second-order valence-electron chi connectivity index (χ2n) is 5.30. The molecular weight excluding hydrogens is 246 g/mol. The van der Waals surface area contributed by atoms with E-state index in [1.54, 1.807) is 6.20 Å². The molecule has 0 radical (unpaired) electrons. The maximum Gasteiger partial charge on any atom is 0.307 e. The molecule has 1 aliphatic heterocycles. The first-order valence-electron chi connectivity index (χ1n) is 6.67. The molecule has 1 aromatic heterocycles. The van der Waals surface area contributed by atoms with Crippen LogP contribution < -0.4 is 5.32 Å². The zero-order chi connectivity index (χ0) is 13.3. The van der Waals surface area contributed by atoms with E-state index in [2.05, 4.69) is 15.5 Å². The Labute approximate surface area is 110 Å². The fourth-order valence-electron chi connectivity index (χ4n) is 3.14. The number of esters is 1. The van der Waals surface area contributed by atoms with Gasteiger partial charge in [0.05, 0.1) is 24.6 Å². The lowest BCUT2D eigenvalue weighted by Crippen LogP contribution is -2.42. The molecule has 6 nitrogen and oxygen atoms in total. The molecule has 2 aliphatic rings. The highest BCUT2D eigenvalue weighted by molar-refractivity contribution is 5.87. The van der Waals surface area contributed by atoms with Crippen molar-refractivity contribution in [3.05, 3.63) is 18.0 Å². The van der Waals surface area contributed by atoms with Crippen molar-refractivity contribution in [1.82, 2.24) is 15.5 Å². The summed E-state index contributed by atoms with van der Waals surface area (Å²) in [4.78, 5) is 23.8. The molecule has 2 fully saturated rings. The van der Waals surface area contributed by atoms with Gasteiger partial charge in [0, 0.05) is 6.20 Å². The van der Waals surface area contributed by atoms with Crippen LogP contribution in [0.5, 0.6) is 0 Å². The molecule has 1 saturated heterocycles. The summed E-state index contributed by atoms with van der Waals surface area (Å²) in [6.07, 6.45) is 5.51. The minimum absolute atomic E-state index is 0.0950. The summed E-state index contributed by atoms with van der Waals surface area (Å²) >= 11 is 0. The number of aromatic nitrogens is 2. The van der Waals surface area contributed by atoms with Crippen molar-refractivity contribution in [3.63, 3.8) is 0 Å². The average molecular weight is 263 g/mol. The van der Waals surface area contributed by atoms with E-state index < -0.39 is 5.60 Å². The minimum Gasteiger partial charge on any atom is -0.458 e. The fourth-order valence-corrected chi connectivity index (χ4v) is 3.14. The van der Waals surface area contributed by atoms with Crippen molar-refractivity contribution in [1.29, 1.82) is 0 Å². The van der Waals surface area contributed by atoms with Gasteiger partial charge in [-0.05, 0) is 31.7 Å². The molecule has 1 atom stereocenters. The Morgan fingerprint density at radius 2 is 2.32 bits per heavy atom. The van der Waals surface area contributed by atoms with Crippen molar-refractivity contribution in [2.45, 2.75) is 44.2 Å². The van der Waals surface area contributed by atoms with Crippen LogP contribution in [0.3, 0.4) is 0 Å². The number of rotatable bonds is 3. The average Bonchev–Trinajstić information content (AvgIpc) is 3.10. The van der Waals surface area contributed by atoms with Crippen molar-refractivity contribution in [2.24, 2.45) is 5.92 Å². The number of hydrogen-bond donors (Lipinski definition) is 2. The molecule has 0 unspecified atom stereocenters. The molecule has 1 amide bonds. The SMILES string of the molecule is O=C1C[C@@H](C(=O)NCc2ccn[nH]2)C2(CCCC2)O1. The van der Waals surface area contributed by atoms with Gasteiger partial charge in [-0.1, -0.05) is 0 Å². The van der Waals surface area contributed by atoms with E-state index in [9.17, 15) is 9.59 Å². The Kier molecular flexibility index (Phi) is 3.00. The van der Waals surface area contributed by atoms with Crippen molar-refractivity contribution in [2.75, 3.05) is 0 Å². The zero-order valence-corrected chi connectivity index (χ0v) is 10.6. The Bertz CT molecular complexity index is 477. The lowest BCUT2D eigenvalue weighted by Gasteiger charge is -2.27. The molecule has 0 bridgehead atoms. The van der Waals surface area contributed by atoms with E-state index in [0.717, 1.165) is 31.4 Å². The van der Waals surface area contributed by atoms with Gasteiger partial charge in [0.15, 0.2) is 0 Å². The van der Waals surface area contributed by atoms with Crippen LogP contribution in [0.4, 0.5) is 0 Å². The quantitative estimate of drug-likeness (QED) is 0.794. The predicted octanol–water partition coefficient (Wildman–Crippen LogP) is 0.902. The molecule has 1 saturated carbocycles. The summed E-state index contributed by atoms with van der Waals surface area (Å²) < 4.78 is 5.46. The van der Waals surface area contributed by atoms with Gasteiger partial charge in [-0.3, -0.25) is 14.7 Å². The number of hydrogen-bond acceptors (Lipinski definition) is 4. The normalized spacial score (nSPS) is 24.6. The molecule has 19 heavy (non-hydrogen) atoms. The van der Waals surface area contributed by atoms with Gasteiger partial charge in [0.1, 0.15) is 5.60 Å².